The van der Waals surface area contributed by atoms with Crippen molar-refractivity contribution in [3.8, 4) is 0 Å². The van der Waals surface area contributed by atoms with Crippen LogP contribution in [0.2, 0.25) is 0 Å². The minimum atomic E-state index is 0.352. The lowest BCUT2D eigenvalue weighted by molar-refractivity contribution is 0.239. The van der Waals surface area contributed by atoms with Gasteiger partial charge in [0, 0.05) is 48.7 Å². The van der Waals surface area contributed by atoms with E-state index in [1.54, 1.807) is 11.3 Å². The Morgan fingerprint density at radius 2 is 2.09 bits per heavy atom. The minimum absolute atomic E-state index is 0.352. The fourth-order valence-electron chi connectivity index (χ4n) is 2.80. The second kappa shape index (κ2) is 6.30. The van der Waals surface area contributed by atoms with Gasteiger partial charge in [0.05, 0.1) is 16.4 Å². The summed E-state index contributed by atoms with van der Waals surface area (Å²) in [6.07, 6.45) is 0.981. The molecule has 0 bridgehead atoms. The Bertz CT molecular complexity index is 665. The average Bonchev–Trinajstić information content (AvgIpc) is 2.84. The zero-order chi connectivity index (χ0) is 15.7. The smallest absolute Gasteiger partial charge is 0.223 e. The highest BCUT2D eigenvalue weighted by Crippen LogP contribution is 2.23. The van der Waals surface area contributed by atoms with Crippen LogP contribution in [0, 0.1) is 13.8 Å². The Balaban J connectivity index is 1.75. The van der Waals surface area contributed by atoms with Crippen molar-refractivity contribution in [1.82, 2.24) is 19.9 Å². The van der Waals surface area contributed by atoms with E-state index in [0.29, 0.717) is 6.04 Å². The third-order valence-electron chi connectivity index (χ3n) is 3.82. The predicted molar refractivity (Wildman–Crippen MR) is 90.2 cm³/mol. The van der Waals surface area contributed by atoms with Crippen molar-refractivity contribution < 1.29 is 0 Å². The Hall–Kier alpha value is -1.53. The molecule has 0 unspecified atom stereocenters. The van der Waals surface area contributed by atoms with Crippen LogP contribution in [-0.4, -0.2) is 32.4 Å². The molecule has 118 valence electrons. The molecule has 22 heavy (non-hydrogen) atoms. The highest BCUT2D eigenvalue weighted by molar-refractivity contribution is 7.09. The minimum Gasteiger partial charge on any atom is -0.352 e. The highest BCUT2D eigenvalue weighted by atomic mass is 32.1. The lowest BCUT2D eigenvalue weighted by Crippen LogP contribution is -2.32. The first-order valence-electron chi connectivity index (χ1n) is 7.77. The molecule has 0 aliphatic carbocycles. The molecule has 1 aliphatic rings. The SMILES string of the molecule is Cc1nc(CN2CCc3nc(NC(C)C)nc(C)c3C2)cs1. The summed E-state index contributed by atoms with van der Waals surface area (Å²) in [7, 11) is 0. The molecule has 2 aromatic heterocycles. The molecule has 0 aromatic carbocycles. The molecule has 3 rings (SSSR count). The van der Waals surface area contributed by atoms with Crippen molar-refractivity contribution in [2.75, 3.05) is 11.9 Å². The number of nitrogens with one attached hydrogen (secondary N) is 1. The second-order valence-electron chi connectivity index (χ2n) is 6.18. The molecule has 6 heteroatoms. The first-order chi connectivity index (χ1) is 10.5. The van der Waals surface area contributed by atoms with Crippen LogP contribution in [-0.2, 0) is 19.5 Å². The first kappa shape index (κ1) is 15.4. The number of rotatable bonds is 4. The predicted octanol–water partition coefficient (Wildman–Crippen LogP) is 2.93. The zero-order valence-electron chi connectivity index (χ0n) is 13.7. The molecule has 5 nitrogen and oxygen atoms in total. The second-order valence-corrected chi connectivity index (χ2v) is 7.24. The van der Waals surface area contributed by atoms with E-state index in [9.17, 15) is 0 Å². The van der Waals surface area contributed by atoms with E-state index in [2.05, 4.69) is 53.3 Å². The molecule has 2 aromatic rings. The number of aromatic nitrogens is 3. The van der Waals surface area contributed by atoms with Crippen molar-refractivity contribution in [2.24, 2.45) is 0 Å². The van der Waals surface area contributed by atoms with Crippen LogP contribution in [0.4, 0.5) is 5.95 Å². The van der Waals surface area contributed by atoms with Crippen molar-refractivity contribution in [3.63, 3.8) is 0 Å². The van der Waals surface area contributed by atoms with Gasteiger partial charge >= 0.3 is 0 Å². The lowest BCUT2D eigenvalue weighted by Gasteiger charge is -2.28. The third kappa shape index (κ3) is 3.44. The van der Waals surface area contributed by atoms with Crippen molar-refractivity contribution in [2.45, 2.75) is 53.2 Å². The number of anilines is 1. The maximum atomic E-state index is 4.70. The summed E-state index contributed by atoms with van der Waals surface area (Å²) in [5, 5.41) is 6.60. The molecular weight excluding hydrogens is 294 g/mol. The Kier molecular flexibility index (Phi) is 4.40. The monoisotopic (exact) mass is 317 g/mol. The fraction of sp³-hybridized carbons (Fsp3) is 0.562. The Morgan fingerprint density at radius 1 is 1.27 bits per heavy atom. The topological polar surface area (TPSA) is 53.9 Å². The average molecular weight is 317 g/mol. The molecule has 3 heterocycles. The van der Waals surface area contributed by atoms with Crippen LogP contribution < -0.4 is 5.32 Å². The van der Waals surface area contributed by atoms with Gasteiger partial charge in [0.2, 0.25) is 5.95 Å². The van der Waals surface area contributed by atoms with Crippen LogP contribution >= 0.6 is 11.3 Å². The van der Waals surface area contributed by atoms with Gasteiger partial charge in [-0.05, 0) is 27.7 Å². The molecule has 1 N–H and O–H groups in total. The molecule has 0 spiro atoms. The van der Waals surface area contributed by atoms with Gasteiger partial charge in [-0.25, -0.2) is 15.0 Å². The summed E-state index contributed by atoms with van der Waals surface area (Å²) in [6, 6.07) is 0.352. The molecule has 0 radical (unpaired) electrons. The Labute approximate surface area is 135 Å². The number of nitrogens with zero attached hydrogens (tertiary/aromatic N) is 4. The largest absolute Gasteiger partial charge is 0.352 e. The van der Waals surface area contributed by atoms with Gasteiger partial charge in [0.15, 0.2) is 0 Å². The summed E-state index contributed by atoms with van der Waals surface area (Å²) in [6.45, 7) is 11.2. The lowest BCUT2D eigenvalue weighted by atomic mass is 10.0. The van der Waals surface area contributed by atoms with Crippen LogP contribution in [0.25, 0.3) is 0 Å². The number of hydrogen-bond acceptors (Lipinski definition) is 6. The number of fused-ring (bicyclic) bond motifs is 1. The fourth-order valence-corrected chi connectivity index (χ4v) is 3.41. The molecule has 0 fully saturated rings. The highest BCUT2D eigenvalue weighted by Gasteiger charge is 2.21. The molecule has 0 amide bonds. The van der Waals surface area contributed by atoms with E-state index in [4.69, 9.17) is 4.98 Å². The van der Waals surface area contributed by atoms with Crippen LogP contribution in [0.5, 0.6) is 0 Å². The van der Waals surface area contributed by atoms with Crippen LogP contribution in [0.3, 0.4) is 0 Å². The van der Waals surface area contributed by atoms with Crippen LogP contribution in [0.1, 0.15) is 41.5 Å². The van der Waals surface area contributed by atoms with E-state index in [0.717, 1.165) is 42.7 Å². The summed E-state index contributed by atoms with van der Waals surface area (Å²) < 4.78 is 0. The van der Waals surface area contributed by atoms with Gasteiger partial charge in [-0.2, -0.15) is 0 Å². The number of aryl methyl sites for hydroxylation is 2. The van der Waals surface area contributed by atoms with Gasteiger partial charge in [0.25, 0.3) is 0 Å². The molecule has 0 atom stereocenters. The third-order valence-corrected chi connectivity index (χ3v) is 4.64. The first-order valence-corrected chi connectivity index (χ1v) is 8.65. The summed E-state index contributed by atoms with van der Waals surface area (Å²) >= 11 is 1.72. The standard InChI is InChI=1S/C16H23N5S/c1-10(2)17-16-18-11(3)14-8-21(6-5-15(14)20-16)7-13-9-22-12(4)19-13/h9-10H,5-8H2,1-4H3,(H,17,18,20). The quantitative estimate of drug-likeness (QED) is 0.939. The zero-order valence-corrected chi connectivity index (χ0v) is 14.5. The van der Waals surface area contributed by atoms with Gasteiger partial charge in [-0.15, -0.1) is 11.3 Å². The summed E-state index contributed by atoms with van der Waals surface area (Å²) in [4.78, 5) is 16.3. The molecule has 1 aliphatic heterocycles. The maximum Gasteiger partial charge on any atom is 0.223 e. The molecule has 0 saturated carbocycles. The number of hydrogen-bond donors (Lipinski definition) is 1. The molecule has 0 saturated heterocycles. The van der Waals surface area contributed by atoms with Crippen LogP contribution in [0.15, 0.2) is 5.38 Å². The van der Waals surface area contributed by atoms with E-state index < -0.39 is 0 Å². The van der Waals surface area contributed by atoms with Crippen molar-refractivity contribution in [1.29, 1.82) is 0 Å². The van der Waals surface area contributed by atoms with E-state index >= 15 is 0 Å². The van der Waals surface area contributed by atoms with Gasteiger partial charge in [-0.3, -0.25) is 4.90 Å². The van der Waals surface area contributed by atoms with Crippen molar-refractivity contribution >= 4 is 17.3 Å². The summed E-state index contributed by atoms with van der Waals surface area (Å²) in [5.74, 6) is 0.759. The normalized spacial score (nSPS) is 15.1. The maximum absolute atomic E-state index is 4.70. The number of thiazole rings is 1. The van der Waals surface area contributed by atoms with Gasteiger partial charge in [0.1, 0.15) is 0 Å². The van der Waals surface area contributed by atoms with E-state index in [1.165, 1.54) is 17.0 Å². The summed E-state index contributed by atoms with van der Waals surface area (Å²) in [5.41, 5.74) is 4.74. The van der Waals surface area contributed by atoms with E-state index in [1.807, 2.05) is 0 Å². The van der Waals surface area contributed by atoms with Gasteiger partial charge in [-0.1, -0.05) is 0 Å². The van der Waals surface area contributed by atoms with Gasteiger partial charge < -0.3 is 5.32 Å². The van der Waals surface area contributed by atoms with E-state index in [-0.39, 0.29) is 0 Å². The van der Waals surface area contributed by atoms with Crippen molar-refractivity contribution in [3.05, 3.63) is 33.0 Å². The Morgan fingerprint density at radius 3 is 2.77 bits per heavy atom. The molecular formula is C16H23N5S.